The summed E-state index contributed by atoms with van der Waals surface area (Å²) in [5.41, 5.74) is 7.22. The van der Waals surface area contributed by atoms with E-state index >= 15 is 0 Å². The van der Waals surface area contributed by atoms with Gasteiger partial charge in [0.2, 0.25) is 0 Å². The van der Waals surface area contributed by atoms with E-state index in [1.165, 1.54) is 12.1 Å². The molecule has 1 aromatic carbocycles. The molecule has 1 heterocycles. The summed E-state index contributed by atoms with van der Waals surface area (Å²) in [4.78, 5) is 4.04. The Morgan fingerprint density at radius 1 is 1.16 bits per heavy atom. The third-order valence-electron chi connectivity index (χ3n) is 2.53. The molecule has 100 valence electrons. The molecular weight excluding hydrogens is 311 g/mol. The number of halogens is 2. The van der Waals surface area contributed by atoms with Crippen LogP contribution in [0, 0.1) is 5.82 Å². The van der Waals surface area contributed by atoms with Crippen LogP contribution in [-0.2, 0) is 13.0 Å². The average Bonchev–Trinajstić information content (AvgIpc) is 2.36. The first-order valence-corrected chi connectivity index (χ1v) is 6.68. The van der Waals surface area contributed by atoms with E-state index in [1.807, 2.05) is 6.07 Å². The Bertz CT molecular complexity index is 563. The molecule has 0 amide bonds. The zero-order chi connectivity index (χ0) is 13.7. The normalized spacial score (nSPS) is 10.5. The van der Waals surface area contributed by atoms with Gasteiger partial charge >= 0.3 is 0 Å². The SMILES string of the molecule is NCCc1cc(F)cc(OCc2cncc(Br)c2)c1. The van der Waals surface area contributed by atoms with Gasteiger partial charge in [-0.1, -0.05) is 0 Å². The van der Waals surface area contributed by atoms with Crippen molar-refractivity contribution in [3.63, 3.8) is 0 Å². The lowest BCUT2D eigenvalue weighted by Crippen LogP contribution is -2.04. The molecular formula is C14H14BrFN2O. The third-order valence-corrected chi connectivity index (χ3v) is 2.96. The predicted molar refractivity (Wildman–Crippen MR) is 75.4 cm³/mol. The van der Waals surface area contributed by atoms with Crippen molar-refractivity contribution < 1.29 is 9.13 Å². The first-order valence-electron chi connectivity index (χ1n) is 5.89. The number of nitrogens with zero attached hydrogens (tertiary/aromatic N) is 1. The fraction of sp³-hybridized carbons (Fsp3) is 0.214. The molecule has 0 unspecified atom stereocenters. The van der Waals surface area contributed by atoms with E-state index in [0.717, 1.165) is 15.6 Å². The summed E-state index contributed by atoms with van der Waals surface area (Å²) in [7, 11) is 0. The van der Waals surface area contributed by atoms with Gasteiger partial charge in [-0.2, -0.15) is 0 Å². The Hall–Kier alpha value is -1.46. The lowest BCUT2D eigenvalue weighted by Gasteiger charge is -2.08. The first-order chi connectivity index (χ1) is 9.17. The summed E-state index contributed by atoms with van der Waals surface area (Å²) in [6.07, 6.45) is 4.04. The van der Waals surface area contributed by atoms with Gasteiger partial charge in [0.1, 0.15) is 18.2 Å². The standard InChI is InChI=1S/C14H14BrFN2O/c15-12-3-11(7-18-8-12)9-19-14-5-10(1-2-17)4-13(16)6-14/h3-8H,1-2,9,17H2. The molecule has 0 saturated heterocycles. The Kier molecular flexibility index (Phi) is 4.87. The molecule has 5 heteroatoms. The molecule has 0 fully saturated rings. The highest BCUT2D eigenvalue weighted by molar-refractivity contribution is 9.10. The summed E-state index contributed by atoms with van der Waals surface area (Å²) in [6, 6.07) is 6.56. The van der Waals surface area contributed by atoms with E-state index in [1.54, 1.807) is 18.5 Å². The molecule has 2 aromatic rings. The fourth-order valence-electron chi connectivity index (χ4n) is 1.72. The Labute approximate surface area is 119 Å². The van der Waals surface area contributed by atoms with Crippen molar-refractivity contribution in [2.24, 2.45) is 5.73 Å². The van der Waals surface area contributed by atoms with Gasteiger partial charge in [-0.15, -0.1) is 0 Å². The van der Waals surface area contributed by atoms with Gasteiger partial charge in [0.05, 0.1) is 0 Å². The molecule has 0 radical (unpaired) electrons. The highest BCUT2D eigenvalue weighted by Crippen LogP contribution is 2.19. The number of pyridine rings is 1. The Balaban J connectivity index is 2.06. The van der Waals surface area contributed by atoms with Crippen molar-refractivity contribution >= 4 is 15.9 Å². The van der Waals surface area contributed by atoms with Crippen LogP contribution in [0.2, 0.25) is 0 Å². The van der Waals surface area contributed by atoms with Crippen LogP contribution in [0.5, 0.6) is 5.75 Å². The van der Waals surface area contributed by atoms with Gasteiger partial charge in [-0.05, 0) is 52.7 Å². The molecule has 0 spiro atoms. The molecule has 2 N–H and O–H groups in total. The predicted octanol–water partition coefficient (Wildman–Crippen LogP) is 3.06. The van der Waals surface area contributed by atoms with Crippen LogP contribution in [0.15, 0.2) is 41.1 Å². The lowest BCUT2D eigenvalue weighted by molar-refractivity contribution is 0.303. The number of ether oxygens (including phenoxy) is 1. The third kappa shape index (κ3) is 4.29. The van der Waals surface area contributed by atoms with Gasteiger partial charge in [0.15, 0.2) is 0 Å². The van der Waals surface area contributed by atoms with Crippen LogP contribution in [-0.4, -0.2) is 11.5 Å². The van der Waals surface area contributed by atoms with Gasteiger partial charge in [-0.3, -0.25) is 4.98 Å². The number of benzene rings is 1. The molecule has 0 bridgehead atoms. The summed E-state index contributed by atoms with van der Waals surface area (Å²) >= 11 is 3.34. The van der Waals surface area contributed by atoms with E-state index in [0.29, 0.717) is 25.3 Å². The molecule has 1 aromatic heterocycles. The second kappa shape index (κ2) is 6.63. The van der Waals surface area contributed by atoms with Crippen molar-refractivity contribution in [3.05, 3.63) is 58.1 Å². The van der Waals surface area contributed by atoms with Crippen LogP contribution in [0.1, 0.15) is 11.1 Å². The van der Waals surface area contributed by atoms with E-state index in [2.05, 4.69) is 20.9 Å². The fourth-order valence-corrected chi connectivity index (χ4v) is 2.13. The summed E-state index contributed by atoms with van der Waals surface area (Å²) in [5.74, 6) is 0.191. The topological polar surface area (TPSA) is 48.1 Å². The zero-order valence-electron chi connectivity index (χ0n) is 10.3. The van der Waals surface area contributed by atoms with Crippen LogP contribution < -0.4 is 10.5 Å². The van der Waals surface area contributed by atoms with E-state index in [4.69, 9.17) is 10.5 Å². The average molecular weight is 325 g/mol. The second-order valence-corrected chi connectivity index (χ2v) is 5.05. The highest BCUT2D eigenvalue weighted by Gasteiger charge is 2.03. The van der Waals surface area contributed by atoms with E-state index < -0.39 is 0 Å². The van der Waals surface area contributed by atoms with Crippen LogP contribution in [0.3, 0.4) is 0 Å². The number of nitrogens with two attached hydrogens (primary N) is 1. The summed E-state index contributed by atoms with van der Waals surface area (Å²) < 4.78 is 19.9. The van der Waals surface area contributed by atoms with Crippen molar-refractivity contribution in [1.29, 1.82) is 0 Å². The first kappa shape index (κ1) is 14.0. The number of aromatic nitrogens is 1. The quantitative estimate of drug-likeness (QED) is 0.919. The minimum Gasteiger partial charge on any atom is -0.489 e. The molecule has 0 atom stereocenters. The summed E-state index contributed by atoms with van der Waals surface area (Å²) in [6.45, 7) is 0.830. The zero-order valence-corrected chi connectivity index (χ0v) is 11.9. The maximum atomic E-state index is 13.4. The van der Waals surface area contributed by atoms with Crippen molar-refractivity contribution in [2.75, 3.05) is 6.54 Å². The number of rotatable bonds is 5. The Morgan fingerprint density at radius 3 is 2.74 bits per heavy atom. The maximum Gasteiger partial charge on any atom is 0.127 e. The van der Waals surface area contributed by atoms with Crippen LogP contribution in [0.4, 0.5) is 4.39 Å². The maximum absolute atomic E-state index is 13.4. The second-order valence-electron chi connectivity index (χ2n) is 4.13. The molecule has 0 aliphatic rings. The molecule has 2 rings (SSSR count). The van der Waals surface area contributed by atoms with Gasteiger partial charge in [0.25, 0.3) is 0 Å². The van der Waals surface area contributed by atoms with Crippen molar-refractivity contribution in [3.8, 4) is 5.75 Å². The van der Waals surface area contributed by atoms with Crippen LogP contribution >= 0.6 is 15.9 Å². The molecule has 0 saturated carbocycles. The highest BCUT2D eigenvalue weighted by atomic mass is 79.9. The Morgan fingerprint density at radius 2 is 2.00 bits per heavy atom. The number of hydrogen-bond acceptors (Lipinski definition) is 3. The van der Waals surface area contributed by atoms with Crippen molar-refractivity contribution in [1.82, 2.24) is 4.98 Å². The van der Waals surface area contributed by atoms with Crippen molar-refractivity contribution in [2.45, 2.75) is 13.0 Å². The molecule has 0 aliphatic heterocycles. The van der Waals surface area contributed by atoms with Crippen LogP contribution in [0.25, 0.3) is 0 Å². The molecule has 19 heavy (non-hydrogen) atoms. The van der Waals surface area contributed by atoms with Gasteiger partial charge < -0.3 is 10.5 Å². The van der Waals surface area contributed by atoms with Gasteiger partial charge in [0, 0.05) is 28.5 Å². The largest absolute Gasteiger partial charge is 0.489 e. The smallest absolute Gasteiger partial charge is 0.127 e. The lowest BCUT2D eigenvalue weighted by atomic mass is 10.1. The minimum absolute atomic E-state index is 0.312. The van der Waals surface area contributed by atoms with Gasteiger partial charge in [-0.25, -0.2) is 4.39 Å². The van der Waals surface area contributed by atoms with E-state index in [-0.39, 0.29) is 5.82 Å². The minimum atomic E-state index is -0.312. The molecule has 3 nitrogen and oxygen atoms in total. The number of hydrogen-bond donors (Lipinski definition) is 1. The summed E-state index contributed by atoms with van der Waals surface area (Å²) in [5, 5.41) is 0. The molecule has 0 aliphatic carbocycles. The van der Waals surface area contributed by atoms with E-state index in [9.17, 15) is 4.39 Å². The monoisotopic (exact) mass is 324 g/mol.